The van der Waals surface area contributed by atoms with Gasteiger partial charge in [-0.3, -0.25) is 0 Å². The summed E-state index contributed by atoms with van der Waals surface area (Å²) in [5.41, 5.74) is -0.186. The first kappa shape index (κ1) is 13.9. The van der Waals surface area contributed by atoms with Gasteiger partial charge in [0.1, 0.15) is 0 Å². The zero-order valence-corrected chi connectivity index (χ0v) is 10.7. The summed E-state index contributed by atoms with van der Waals surface area (Å²) in [6, 6.07) is 0.387. The zero-order chi connectivity index (χ0) is 12.0. The Hall–Kier alpha value is -0.160. The highest BCUT2D eigenvalue weighted by Gasteiger charge is 2.16. The summed E-state index contributed by atoms with van der Waals surface area (Å²) in [5.74, 6) is 0. The van der Waals surface area contributed by atoms with Crippen LogP contribution in [0.5, 0.6) is 0 Å². The molecule has 96 valence electrons. The van der Waals surface area contributed by atoms with Gasteiger partial charge in [-0.25, -0.2) is 0 Å². The lowest BCUT2D eigenvalue weighted by Crippen LogP contribution is -2.42. The predicted molar refractivity (Wildman–Crippen MR) is 63.6 cm³/mol. The van der Waals surface area contributed by atoms with Crippen LogP contribution in [-0.2, 0) is 9.47 Å². The summed E-state index contributed by atoms with van der Waals surface area (Å²) in [4.78, 5) is 0. The number of hydrogen-bond acceptors (Lipinski definition) is 4. The number of rotatable bonds is 5. The van der Waals surface area contributed by atoms with Crippen molar-refractivity contribution >= 4 is 0 Å². The monoisotopic (exact) mass is 231 g/mol. The van der Waals surface area contributed by atoms with Crippen LogP contribution in [0.15, 0.2) is 0 Å². The van der Waals surface area contributed by atoms with Crippen molar-refractivity contribution < 1.29 is 14.6 Å². The molecule has 0 aliphatic carbocycles. The summed E-state index contributed by atoms with van der Waals surface area (Å²) in [7, 11) is 0. The molecule has 2 unspecified atom stereocenters. The number of ether oxygens (including phenoxy) is 2. The lowest BCUT2D eigenvalue weighted by Gasteiger charge is -2.26. The minimum absolute atomic E-state index is 0.186. The first-order chi connectivity index (χ1) is 7.47. The van der Waals surface area contributed by atoms with Gasteiger partial charge in [0.05, 0.1) is 24.9 Å². The Morgan fingerprint density at radius 1 is 1.50 bits per heavy atom. The number of hydrogen-bond donors (Lipinski definition) is 2. The highest BCUT2D eigenvalue weighted by atomic mass is 16.5. The maximum atomic E-state index is 9.71. The molecule has 0 radical (unpaired) electrons. The molecule has 4 nitrogen and oxygen atoms in total. The predicted octanol–water partition coefficient (Wildman–Crippen LogP) is 0.931. The highest BCUT2D eigenvalue weighted by Crippen LogP contribution is 2.08. The molecule has 0 aromatic carbocycles. The van der Waals surface area contributed by atoms with E-state index in [1.165, 1.54) is 0 Å². The van der Waals surface area contributed by atoms with Crippen molar-refractivity contribution in [2.75, 3.05) is 26.4 Å². The van der Waals surface area contributed by atoms with E-state index in [1.807, 2.05) is 20.8 Å². The van der Waals surface area contributed by atoms with E-state index in [-0.39, 0.29) is 5.60 Å². The SMILES string of the molecule is CC(C)(C)OCC(O)CNC1CCCOC1. The van der Waals surface area contributed by atoms with Crippen LogP contribution in [0, 0.1) is 0 Å². The quantitative estimate of drug-likeness (QED) is 0.739. The summed E-state index contributed by atoms with van der Waals surface area (Å²) in [6.07, 6.45) is 1.79. The first-order valence-electron chi connectivity index (χ1n) is 6.10. The first-order valence-corrected chi connectivity index (χ1v) is 6.10. The molecule has 1 aliphatic rings. The fourth-order valence-corrected chi connectivity index (χ4v) is 1.61. The Kier molecular flexibility index (Phi) is 5.69. The smallest absolute Gasteiger partial charge is 0.0898 e. The standard InChI is InChI=1S/C12H25NO3/c1-12(2,3)16-9-11(14)7-13-10-5-4-6-15-8-10/h10-11,13-14H,4-9H2,1-3H3. The fraction of sp³-hybridized carbons (Fsp3) is 1.00. The summed E-state index contributed by atoms with van der Waals surface area (Å²) in [5, 5.41) is 13.0. The third kappa shape index (κ3) is 6.43. The average Bonchev–Trinajstić information content (AvgIpc) is 2.24. The van der Waals surface area contributed by atoms with Gasteiger partial charge in [-0.05, 0) is 33.6 Å². The molecule has 0 aromatic rings. The molecule has 1 aliphatic heterocycles. The Morgan fingerprint density at radius 3 is 2.81 bits per heavy atom. The molecule has 16 heavy (non-hydrogen) atoms. The van der Waals surface area contributed by atoms with E-state index in [2.05, 4.69) is 5.32 Å². The Balaban J connectivity index is 2.07. The normalized spacial score (nSPS) is 24.4. The molecule has 0 bridgehead atoms. The molecule has 0 aromatic heterocycles. The van der Waals surface area contributed by atoms with Gasteiger partial charge in [0.15, 0.2) is 0 Å². The van der Waals surface area contributed by atoms with Crippen molar-refractivity contribution in [3.63, 3.8) is 0 Å². The second-order valence-corrected chi connectivity index (χ2v) is 5.40. The van der Waals surface area contributed by atoms with Crippen molar-refractivity contribution in [3.05, 3.63) is 0 Å². The van der Waals surface area contributed by atoms with Crippen LogP contribution in [0.25, 0.3) is 0 Å². The van der Waals surface area contributed by atoms with Crippen molar-refractivity contribution in [2.45, 2.75) is 51.4 Å². The van der Waals surface area contributed by atoms with E-state index >= 15 is 0 Å². The van der Waals surface area contributed by atoms with E-state index < -0.39 is 6.10 Å². The van der Waals surface area contributed by atoms with Crippen LogP contribution < -0.4 is 5.32 Å². The van der Waals surface area contributed by atoms with Crippen LogP contribution in [0.2, 0.25) is 0 Å². The molecule has 1 heterocycles. The van der Waals surface area contributed by atoms with Gasteiger partial charge < -0.3 is 19.9 Å². The van der Waals surface area contributed by atoms with E-state index in [1.54, 1.807) is 0 Å². The van der Waals surface area contributed by atoms with Crippen LogP contribution in [0.3, 0.4) is 0 Å². The van der Waals surface area contributed by atoms with Gasteiger partial charge in [-0.1, -0.05) is 0 Å². The molecule has 1 fully saturated rings. The molecule has 2 N–H and O–H groups in total. The van der Waals surface area contributed by atoms with Gasteiger partial charge >= 0.3 is 0 Å². The lowest BCUT2D eigenvalue weighted by atomic mass is 10.1. The van der Waals surface area contributed by atoms with E-state index in [0.29, 0.717) is 19.2 Å². The number of nitrogens with one attached hydrogen (secondary N) is 1. The Bertz CT molecular complexity index is 185. The number of aliphatic hydroxyl groups is 1. The summed E-state index contributed by atoms with van der Waals surface area (Å²) in [6.45, 7) is 8.54. The van der Waals surface area contributed by atoms with E-state index in [4.69, 9.17) is 9.47 Å². The van der Waals surface area contributed by atoms with Gasteiger partial charge in [-0.15, -0.1) is 0 Å². The van der Waals surface area contributed by atoms with Crippen LogP contribution >= 0.6 is 0 Å². The van der Waals surface area contributed by atoms with Gasteiger partial charge in [0.25, 0.3) is 0 Å². The van der Waals surface area contributed by atoms with Crippen LogP contribution in [0.1, 0.15) is 33.6 Å². The molecule has 1 saturated heterocycles. The topological polar surface area (TPSA) is 50.7 Å². The fourth-order valence-electron chi connectivity index (χ4n) is 1.61. The third-order valence-electron chi connectivity index (χ3n) is 2.51. The molecule has 2 atom stereocenters. The third-order valence-corrected chi connectivity index (χ3v) is 2.51. The molecule has 0 spiro atoms. The molecule has 0 saturated carbocycles. The van der Waals surface area contributed by atoms with Gasteiger partial charge in [0, 0.05) is 19.2 Å². The highest BCUT2D eigenvalue weighted by molar-refractivity contribution is 4.72. The van der Waals surface area contributed by atoms with Crippen molar-refractivity contribution in [1.29, 1.82) is 0 Å². The molecule has 1 rings (SSSR count). The Labute approximate surface area is 98.3 Å². The maximum Gasteiger partial charge on any atom is 0.0898 e. The largest absolute Gasteiger partial charge is 0.389 e. The molecule has 4 heteroatoms. The molecule has 0 amide bonds. The van der Waals surface area contributed by atoms with Gasteiger partial charge in [-0.2, -0.15) is 0 Å². The summed E-state index contributed by atoms with van der Waals surface area (Å²) < 4.78 is 10.9. The van der Waals surface area contributed by atoms with Crippen molar-refractivity contribution in [1.82, 2.24) is 5.32 Å². The molecular formula is C12H25NO3. The van der Waals surface area contributed by atoms with Crippen LogP contribution in [-0.4, -0.2) is 49.2 Å². The van der Waals surface area contributed by atoms with E-state index in [0.717, 1.165) is 26.1 Å². The van der Waals surface area contributed by atoms with Crippen molar-refractivity contribution in [3.8, 4) is 0 Å². The van der Waals surface area contributed by atoms with Crippen LogP contribution in [0.4, 0.5) is 0 Å². The average molecular weight is 231 g/mol. The summed E-state index contributed by atoms with van der Waals surface area (Å²) >= 11 is 0. The minimum Gasteiger partial charge on any atom is -0.389 e. The maximum absolute atomic E-state index is 9.71. The second kappa shape index (κ2) is 6.55. The lowest BCUT2D eigenvalue weighted by molar-refractivity contribution is -0.0495. The zero-order valence-electron chi connectivity index (χ0n) is 10.7. The minimum atomic E-state index is -0.443. The van der Waals surface area contributed by atoms with Gasteiger partial charge in [0.2, 0.25) is 0 Å². The molecular weight excluding hydrogens is 206 g/mol. The van der Waals surface area contributed by atoms with E-state index in [9.17, 15) is 5.11 Å². The Morgan fingerprint density at radius 2 is 2.25 bits per heavy atom. The van der Waals surface area contributed by atoms with Crippen molar-refractivity contribution in [2.24, 2.45) is 0 Å². The number of aliphatic hydroxyl groups excluding tert-OH is 1. The second-order valence-electron chi connectivity index (χ2n) is 5.40.